The van der Waals surface area contributed by atoms with Gasteiger partial charge in [-0.25, -0.2) is 18.1 Å². The molecule has 0 aliphatic heterocycles. The van der Waals surface area contributed by atoms with Gasteiger partial charge in [0.1, 0.15) is 12.4 Å². The highest BCUT2D eigenvalue weighted by Gasteiger charge is 2.17. The molecule has 4 aromatic rings. The van der Waals surface area contributed by atoms with Crippen molar-refractivity contribution in [2.75, 3.05) is 0 Å². The topological polar surface area (TPSA) is 85.4 Å². The predicted molar refractivity (Wildman–Crippen MR) is 127 cm³/mol. The second-order valence-corrected chi connectivity index (χ2v) is 9.46. The fraction of sp³-hybridized carbons (Fsp3) is 0.154. The maximum Gasteiger partial charge on any atom is 0.264 e. The number of hydrogen-bond acceptors (Lipinski definition) is 5. The molecule has 1 amide bonds. The van der Waals surface area contributed by atoms with Crippen molar-refractivity contribution in [1.82, 2.24) is 9.71 Å². The molecule has 1 N–H and O–H groups in total. The zero-order valence-electron chi connectivity index (χ0n) is 18.2. The van der Waals surface area contributed by atoms with Crippen LogP contribution < -0.4 is 9.46 Å². The fourth-order valence-electron chi connectivity index (χ4n) is 3.37. The molecule has 0 fully saturated rings. The molecule has 0 saturated carbocycles. The van der Waals surface area contributed by atoms with Crippen LogP contribution in [0.1, 0.15) is 23.2 Å². The smallest absolute Gasteiger partial charge is 0.264 e. The minimum atomic E-state index is -3.87. The maximum atomic E-state index is 12.4. The van der Waals surface area contributed by atoms with Crippen LogP contribution in [0.15, 0.2) is 89.8 Å². The number of fused-ring (bicyclic) bond motifs is 1. The van der Waals surface area contributed by atoms with Crippen LogP contribution in [-0.2, 0) is 27.8 Å². The summed E-state index contributed by atoms with van der Waals surface area (Å²) in [5.41, 5.74) is 3.55. The van der Waals surface area contributed by atoms with Crippen molar-refractivity contribution in [1.29, 1.82) is 0 Å². The molecule has 0 saturated heterocycles. The van der Waals surface area contributed by atoms with Crippen molar-refractivity contribution in [3.63, 3.8) is 0 Å². The van der Waals surface area contributed by atoms with Crippen LogP contribution in [0.4, 0.5) is 0 Å². The summed E-state index contributed by atoms with van der Waals surface area (Å²) in [5.74, 6) is 0.109. The van der Waals surface area contributed by atoms with Gasteiger partial charge < -0.3 is 4.74 Å². The average Bonchev–Trinajstić information content (AvgIpc) is 2.81. The third-order valence-corrected chi connectivity index (χ3v) is 6.55. The number of benzene rings is 3. The van der Waals surface area contributed by atoms with Crippen LogP contribution in [0.5, 0.6) is 5.75 Å². The van der Waals surface area contributed by atoms with Crippen molar-refractivity contribution in [3.05, 3.63) is 102 Å². The van der Waals surface area contributed by atoms with E-state index in [4.69, 9.17) is 4.74 Å². The Morgan fingerprint density at radius 3 is 2.55 bits per heavy atom. The number of nitrogens with zero attached hydrogens (tertiary/aromatic N) is 1. The molecule has 6 nitrogen and oxygen atoms in total. The molecule has 0 aliphatic carbocycles. The number of para-hydroxylation sites is 1. The summed E-state index contributed by atoms with van der Waals surface area (Å²) in [6, 6.07) is 25.6. The van der Waals surface area contributed by atoms with Gasteiger partial charge in [0.2, 0.25) is 5.91 Å². The molecule has 0 aliphatic rings. The standard InChI is InChI=1S/C26H24N2O4S/c1-19-9-14-24(15-10-19)33(30,31)28-26(29)16-11-20-5-4-7-23(17-20)32-18-22-13-12-21-6-2-3-8-25(21)27-22/h2-10,12-15,17H,11,16,18H2,1H3,(H,28,29). The first-order valence-electron chi connectivity index (χ1n) is 10.6. The Hall–Kier alpha value is -3.71. The largest absolute Gasteiger partial charge is 0.487 e. The molecule has 3 aromatic carbocycles. The molecule has 4 rings (SSSR count). The fourth-order valence-corrected chi connectivity index (χ4v) is 4.39. The maximum absolute atomic E-state index is 12.4. The van der Waals surface area contributed by atoms with Gasteiger partial charge >= 0.3 is 0 Å². The molecular weight excluding hydrogens is 436 g/mol. The zero-order valence-corrected chi connectivity index (χ0v) is 19.0. The van der Waals surface area contributed by atoms with Crippen LogP contribution >= 0.6 is 0 Å². The summed E-state index contributed by atoms with van der Waals surface area (Å²) < 4.78 is 32.7. The summed E-state index contributed by atoms with van der Waals surface area (Å²) in [7, 11) is -3.87. The Labute approximate surface area is 193 Å². The second kappa shape index (κ2) is 9.83. The van der Waals surface area contributed by atoms with Crippen molar-refractivity contribution in [2.24, 2.45) is 0 Å². The number of aromatic nitrogens is 1. The van der Waals surface area contributed by atoms with Crippen LogP contribution in [-0.4, -0.2) is 19.3 Å². The van der Waals surface area contributed by atoms with Crippen molar-refractivity contribution >= 4 is 26.8 Å². The number of carbonyl (C=O) groups is 1. The van der Waals surface area contributed by atoms with E-state index in [0.29, 0.717) is 18.8 Å². The van der Waals surface area contributed by atoms with Gasteiger partial charge in [0.15, 0.2) is 0 Å². The van der Waals surface area contributed by atoms with E-state index in [-0.39, 0.29) is 11.3 Å². The van der Waals surface area contributed by atoms with Gasteiger partial charge in [-0.15, -0.1) is 0 Å². The third-order valence-electron chi connectivity index (χ3n) is 5.16. The Morgan fingerprint density at radius 2 is 1.73 bits per heavy atom. The highest BCUT2D eigenvalue weighted by molar-refractivity contribution is 7.90. The summed E-state index contributed by atoms with van der Waals surface area (Å²) in [6.07, 6.45) is 0.432. The molecule has 33 heavy (non-hydrogen) atoms. The number of rotatable bonds is 8. The van der Waals surface area contributed by atoms with Crippen LogP contribution in [0, 0.1) is 6.92 Å². The Bertz CT molecular complexity index is 1380. The lowest BCUT2D eigenvalue weighted by atomic mass is 10.1. The molecule has 7 heteroatoms. The summed E-state index contributed by atoms with van der Waals surface area (Å²) in [6.45, 7) is 2.19. The number of hydrogen-bond donors (Lipinski definition) is 1. The Balaban J connectivity index is 1.32. The van der Waals surface area contributed by atoms with Gasteiger partial charge in [0.05, 0.1) is 16.1 Å². The van der Waals surface area contributed by atoms with E-state index < -0.39 is 15.9 Å². The summed E-state index contributed by atoms with van der Waals surface area (Å²) in [4.78, 5) is 16.9. The van der Waals surface area contributed by atoms with E-state index in [1.165, 1.54) is 12.1 Å². The number of amides is 1. The van der Waals surface area contributed by atoms with E-state index in [9.17, 15) is 13.2 Å². The van der Waals surface area contributed by atoms with Gasteiger partial charge in [-0.3, -0.25) is 4.79 Å². The predicted octanol–water partition coefficient (Wildman–Crippen LogP) is 4.56. The van der Waals surface area contributed by atoms with E-state index in [1.807, 2.05) is 67.6 Å². The van der Waals surface area contributed by atoms with Crippen molar-refractivity contribution < 1.29 is 17.9 Å². The number of sulfonamides is 1. The Morgan fingerprint density at radius 1 is 0.939 bits per heavy atom. The molecule has 1 aromatic heterocycles. The molecule has 0 atom stereocenters. The lowest BCUT2D eigenvalue weighted by molar-refractivity contribution is -0.119. The molecule has 0 unspecified atom stereocenters. The van der Waals surface area contributed by atoms with Gasteiger partial charge in [0.25, 0.3) is 10.0 Å². The van der Waals surface area contributed by atoms with E-state index in [0.717, 1.165) is 27.7 Å². The number of pyridine rings is 1. The first kappa shape index (κ1) is 22.5. The minimum Gasteiger partial charge on any atom is -0.487 e. The molecule has 0 bridgehead atoms. The number of aryl methyl sites for hydroxylation is 2. The van der Waals surface area contributed by atoms with Gasteiger partial charge in [0, 0.05) is 11.8 Å². The first-order valence-corrected chi connectivity index (χ1v) is 12.1. The van der Waals surface area contributed by atoms with Gasteiger partial charge in [-0.2, -0.15) is 0 Å². The summed E-state index contributed by atoms with van der Waals surface area (Å²) >= 11 is 0. The Kier molecular flexibility index (Phi) is 6.70. The van der Waals surface area contributed by atoms with Crippen molar-refractivity contribution in [2.45, 2.75) is 31.3 Å². The van der Waals surface area contributed by atoms with E-state index in [1.54, 1.807) is 12.1 Å². The zero-order chi connectivity index (χ0) is 23.3. The monoisotopic (exact) mass is 460 g/mol. The van der Waals surface area contributed by atoms with Crippen molar-refractivity contribution in [3.8, 4) is 5.75 Å². The van der Waals surface area contributed by atoms with Crippen LogP contribution in [0.3, 0.4) is 0 Å². The SMILES string of the molecule is Cc1ccc(S(=O)(=O)NC(=O)CCc2cccc(OCc3ccc4ccccc4n3)c2)cc1. The second-order valence-electron chi connectivity index (χ2n) is 7.77. The molecule has 0 radical (unpaired) electrons. The number of ether oxygens (including phenoxy) is 1. The quantitative estimate of drug-likeness (QED) is 0.417. The lowest BCUT2D eigenvalue weighted by Gasteiger charge is -2.09. The summed E-state index contributed by atoms with van der Waals surface area (Å²) in [5, 5.41) is 1.07. The van der Waals surface area contributed by atoms with E-state index in [2.05, 4.69) is 9.71 Å². The highest BCUT2D eigenvalue weighted by atomic mass is 32.2. The first-order chi connectivity index (χ1) is 15.9. The average molecular weight is 461 g/mol. The lowest BCUT2D eigenvalue weighted by Crippen LogP contribution is -2.30. The highest BCUT2D eigenvalue weighted by Crippen LogP contribution is 2.18. The van der Waals surface area contributed by atoms with Crippen LogP contribution in [0.25, 0.3) is 10.9 Å². The number of nitrogens with one attached hydrogen (secondary N) is 1. The van der Waals surface area contributed by atoms with Gasteiger partial charge in [-0.05, 0) is 55.3 Å². The van der Waals surface area contributed by atoms with Crippen LogP contribution in [0.2, 0.25) is 0 Å². The normalized spacial score (nSPS) is 11.3. The van der Waals surface area contributed by atoms with E-state index >= 15 is 0 Å². The third kappa shape index (κ3) is 5.96. The molecule has 168 valence electrons. The number of carbonyl (C=O) groups excluding carboxylic acids is 1. The molecular formula is C26H24N2O4S. The van der Waals surface area contributed by atoms with Gasteiger partial charge in [-0.1, -0.05) is 54.1 Å². The molecule has 1 heterocycles. The molecule has 0 spiro atoms. The minimum absolute atomic E-state index is 0.0424.